The van der Waals surface area contributed by atoms with Gasteiger partial charge in [-0.3, -0.25) is 9.59 Å². The van der Waals surface area contributed by atoms with Crippen LogP contribution in [-0.4, -0.2) is 35.6 Å². The van der Waals surface area contributed by atoms with Crippen LogP contribution in [0.4, 0.5) is 8.78 Å². The quantitative estimate of drug-likeness (QED) is 0.692. The molecule has 0 aromatic heterocycles. The number of aliphatic hydroxyl groups is 1. The highest BCUT2D eigenvalue weighted by atomic mass is 19.1. The molecule has 0 aliphatic heterocycles. The van der Waals surface area contributed by atoms with Gasteiger partial charge >= 0.3 is 0 Å². The fourth-order valence-electron chi connectivity index (χ4n) is 2.93. The molecule has 2 amide bonds. The molecule has 132 valence electrons. The van der Waals surface area contributed by atoms with Crippen molar-refractivity contribution in [3.05, 3.63) is 35.4 Å². The number of hydrogen-bond acceptors (Lipinski definition) is 3. The second-order valence-corrected chi connectivity index (χ2v) is 6.16. The number of nitrogens with one attached hydrogen (secondary N) is 2. The number of benzene rings is 1. The molecular formula is C17H22F2N2O3. The summed E-state index contributed by atoms with van der Waals surface area (Å²) in [5.74, 6) is -3.04. The summed E-state index contributed by atoms with van der Waals surface area (Å²) in [5.41, 5.74) is -1.58. The van der Waals surface area contributed by atoms with E-state index in [1.807, 2.05) is 0 Å². The second-order valence-electron chi connectivity index (χ2n) is 6.16. The summed E-state index contributed by atoms with van der Waals surface area (Å²) in [6, 6.07) is 3.19. The van der Waals surface area contributed by atoms with Crippen LogP contribution < -0.4 is 10.6 Å². The van der Waals surface area contributed by atoms with Gasteiger partial charge in [-0.05, 0) is 25.0 Å². The van der Waals surface area contributed by atoms with Gasteiger partial charge in [0, 0.05) is 13.1 Å². The van der Waals surface area contributed by atoms with E-state index in [-0.39, 0.29) is 25.4 Å². The lowest BCUT2D eigenvalue weighted by Crippen LogP contribution is -2.41. The number of rotatable bonds is 6. The summed E-state index contributed by atoms with van der Waals surface area (Å²) in [4.78, 5) is 23.6. The Kier molecular flexibility index (Phi) is 6.25. The van der Waals surface area contributed by atoms with Crippen molar-refractivity contribution in [3.8, 4) is 0 Å². The second kappa shape index (κ2) is 8.19. The molecule has 5 nitrogen and oxygen atoms in total. The lowest BCUT2D eigenvalue weighted by Gasteiger charge is -2.31. The van der Waals surface area contributed by atoms with Gasteiger partial charge in [0.25, 0.3) is 5.91 Å². The zero-order valence-corrected chi connectivity index (χ0v) is 13.4. The molecule has 1 aromatic rings. The van der Waals surface area contributed by atoms with Gasteiger partial charge in [0.15, 0.2) is 0 Å². The van der Waals surface area contributed by atoms with E-state index in [1.165, 1.54) is 6.07 Å². The highest BCUT2D eigenvalue weighted by molar-refractivity contribution is 5.94. The molecule has 0 radical (unpaired) electrons. The highest BCUT2D eigenvalue weighted by Gasteiger charge is 2.31. The van der Waals surface area contributed by atoms with Crippen molar-refractivity contribution in [1.82, 2.24) is 10.6 Å². The SMILES string of the molecule is O=C(CC1(O)CCCCC1)NCCNC(=O)c1c(F)cccc1F. The zero-order valence-electron chi connectivity index (χ0n) is 13.4. The molecule has 1 fully saturated rings. The Balaban J connectivity index is 1.72. The topological polar surface area (TPSA) is 78.4 Å². The van der Waals surface area contributed by atoms with Crippen LogP contribution in [-0.2, 0) is 4.79 Å². The van der Waals surface area contributed by atoms with E-state index in [1.54, 1.807) is 0 Å². The summed E-state index contributed by atoms with van der Waals surface area (Å²) >= 11 is 0. The molecule has 1 aliphatic rings. The van der Waals surface area contributed by atoms with Gasteiger partial charge in [0.05, 0.1) is 12.0 Å². The lowest BCUT2D eigenvalue weighted by atomic mass is 9.82. The van der Waals surface area contributed by atoms with Crippen LogP contribution in [0, 0.1) is 11.6 Å². The van der Waals surface area contributed by atoms with Crippen molar-refractivity contribution in [2.45, 2.75) is 44.1 Å². The number of carbonyl (C=O) groups excluding carboxylic acids is 2. The van der Waals surface area contributed by atoms with E-state index < -0.39 is 28.7 Å². The minimum atomic E-state index is -0.943. The van der Waals surface area contributed by atoms with E-state index >= 15 is 0 Å². The van der Waals surface area contributed by atoms with Gasteiger partial charge in [-0.25, -0.2) is 8.78 Å². The predicted molar refractivity (Wildman–Crippen MR) is 84.4 cm³/mol. The third-order valence-electron chi connectivity index (χ3n) is 4.20. The minimum Gasteiger partial charge on any atom is -0.389 e. The van der Waals surface area contributed by atoms with E-state index in [0.29, 0.717) is 12.8 Å². The van der Waals surface area contributed by atoms with Gasteiger partial charge in [-0.1, -0.05) is 25.3 Å². The first-order chi connectivity index (χ1) is 11.4. The molecule has 0 heterocycles. The smallest absolute Gasteiger partial charge is 0.257 e. The van der Waals surface area contributed by atoms with Gasteiger partial charge in [-0.2, -0.15) is 0 Å². The number of carbonyl (C=O) groups is 2. The number of amides is 2. The van der Waals surface area contributed by atoms with Crippen molar-refractivity contribution in [2.75, 3.05) is 13.1 Å². The predicted octanol–water partition coefficient (Wildman–Crippen LogP) is 1.90. The van der Waals surface area contributed by atoms with E-state index in [9.17, 15) is 23.5 Å². The summed E-state index contributed by atoms with van der Waals surface area (Å²) in [5, 5.41) is 15.2. The number of hydrogen-bond donors (Lipinski definition) is 3. The molecule has 0 saturated heterocycles. The van der Waals surface area contributed by atoms with Crippen LogP contribution in [0.15, 0.2) is 18.2 Å². The molecule has 1 aliphatic carbocycles. The fourth-order valence-corrected chi connectivity index (χ4v) is 2.93. The van der Waals surface area contributed by atoms with Crippen LogP contribution in [0.2, 0.25) is 0 Å². The summed E-state index contributed by atoms with van der Waals surface area (Å²) in [6.07, 6.45) is 4.15. The van der Waals surface area contributed by atoms with Crippen LogP contribution in [0.25, 0.3) is 0 Å². The Morgan fingerprint density at radius 3 is 2.25 bits per heavy atom. The third kappa shape index (κ3) is 4.99. The molecule has 7 heteroatoms. The lowest BCUT2D eigenvalue weighted by molar-refractivity contribution is -0.127. The molecule has 1 saturated carbocycles. The summed E-state index contributed by atoms with van der Waals surface area (Å²) in [6.45, 7) is 0.160. The summed E-state index contributed by atoms with van der Waals surface area (Å²) in [7, 11) is 0. The van der Waals surface area contributed by atoms with E-state index in [2.05, 4.69) is 10.6 Å². The molecule has 0 bridgehead atoms. The van der Waals surface area contributed by atoms with Crippen LogP contribution in [0.1, 0.15) is 48.9 Å². The maximum absolute atomic E-state index is 13.4. The maximum atomic E-state index is 13.4. The Labute approximate surface area is 139 Å². The average molecular weight is 340 g/mol. The standard InChI is InChI=1S/C17H22F2N2O3/c18-12-5-4-6-13(19)15(12)16(23)21-10-9-20-14(22)11-17(24)7-2-1-3-8-17/h4-6,24H,1-3,7-11H2,(H,20,22)(H,21,23). The number of halogens is 2. The van der Waals surface area contributed by atoms with Gasteiger partial charge < -0.3 is 15.7 Å². The Morgan fingerprint density at radius 2 is 1.62 bits per heavy atom. The molecule has 24 heavy (non-hydrogen) atoms. The van der Waals surface area contributed by atoms with E-state index in [4.69, 9.17) is 0 Å². The Bertz CT molecular complexity index is 581. The van der Waals surface area contributed by atoms with Gasteiger partial charge in [0.1, 0.15) is 17.2 Å². The monoisotopic (exact) mass is 340 g/mol. The highest BCUT2D eigenvalue weighted by Crippen LogP contribution is 2.30. The van der Waals surface area contributed by atoms with Crippen LogP contribution >= 0.6 is 0 Å². The van der Waals surface area contributed by atoms with Gasteiger partial charge in [0.2, 0.25) is 5.91 Å². The molecule has 1 aromatic carbocycles. The molecular weight excluding hydrogens is 318 g/mol. The summed E-state index contributed by atoms with van der Waals surface area (Å²) < 4.78 is 26.9. The van der Waals surface area contributed by atoms with Crippen LogP contribution in [0.3, 0.4) is 0 Å². The first-order valence-electron chi connectivity index (χ1n) is 8.13. The largest absolute Gasteiger partial charge is 0.389 e. The molecule has 3 N–H and O–H groups in total. The van der Waals surface area contributed by atoms with Gasteiger partial charge in [-0.15, -0.1) is 0 Å². The van der Waals surface area contributed by atoms with Crippen molar-refractivity contribution < 1.29 is 23.5 Å². The molecule has 0 unspecified atom stereocenters. The molecule has 2 rings (SSSR count). The Hall–Kier alpha value is -2.02. The zero-order chi connectivity index (χ0) is 17.6. The van der Waals surface area contributed by atoms with Crippen LogP contribution in [0.5, 0.6) is 0 Å². The average Bonchev–Trinajstić information content (AvgIpc) is 2.51. The van der Waals surface area contributed by atoms with Crippen molar-refractivity contribution >= 4 is 11.8 Å². The third-order valence-corrected chi connectivity index (χ3v) is 4.20. The van der Waals surface area contributed by atoms with Crippen molar-refractivity contribution in [2.24, 2.45) is 0 Å². The first kappa shape index (κ1) is 18.3. The van der Waals surface area contributed by atoms with Crippen molar-refractivity contribution in [3.63, 3.8) is 0 Å². The minimum absolute atomic E-state index is 0.0306. The van der Waals surface area contributed by atoms with Crippen molar-refractivity contribution in [1.29, 1.82) is 0 Å². The normalized spacial score (nSPS) is 16.5. The molecule has 0 atom stereocenters. The van der Waals surface area contributed by atoms with E-state index in [0.717, 1.165) is 31.4 Å². The fraction of sp³-hybridized carbons (Fsp3) is 0.529. The Morgan fingerprint density at radius 1 is 1.04 bits per heavy atom. The maximum Gasteiger partial charge on any atom is 0.257 e. The molecule has 0 spiro atoms. The first-order valence-corrected chi connectivity index (χ1v) is 8.13.